The Labute approximate surface area is 97.5 Å². The molecule has 3 unspecified atom stereocenters. The minimum atomic E-state index is -0.0576. The van der Waals surface area contributed by atoms with Gasteiger partial charge in [-0.2, -0.15) is 0 Å². The predicted octanol–water partition coefficient (Wildman–Crippen LogP) is 0.716. The van der Waals surface area contributed by atoms with Gasteiger partial charge in [0.05, 0.1) is 7.11 Å². The second-order valence-electron chi connectivity index (χ2n) is 5.07. The van der Waals surface area contributed by atoms with Crippen LogP contribution in [0.3, 0.4) is 0 Å². The summed E-state index contributed by atoms with van der Waals surface area (Å²) >= 11 is 0. The zero-order valence-corrected chi connectivity index (χ0v) is 10.5. The first kappa shape index (κ1) is 11.9. The van der Waals surface area contributed by atoms with Crippen LogP contribution in [0.2, 0.25) is 0 Å². The Bertz CT molecular complexity index is 270. The molecule has 0 bridgehead atoms. The Morgan fingerprint density at radius 3 is 2.56 bits per heavy atom. The van der Waals surface area contributed by atoms with E-state index in [0.717, 1.165) is 19.5 Å². The predicted molar refractivity (Wildman–Crippen MR) is 62.2 cm³/mol. The molecule has 0 aromatic rings. The molecule has 2 saturated heterocycles. The Hall–Kier alpha value is -0.610. The summed E-state index contributed by atoms with van der Waals surface area (Å²) in [7, 11) is 3.66. The van der Waals surface area contributed by atoms with Crippen LogP contribution >= 0.6 is 0 Å². The van der Waals surface area contributed by atoms with E-state index in [4.69, 9.17) is 4.74 Å². The topological polar surface area (TPSA) is 32.8 Å². The van der Waals surface area contributed by atoms with E-state index in [9.17, 15) is 4.79 Å². The molecule has 0 radical (unpaired) electrons. The number of piperidine rings is 1. The molecule has 0 aliphatic carbocycles. The Kier molecular flexibility index (Phi) is 3.50. The summed E-state index contributed by atoms with van der Waals surface area (Å²) in [6.07, 6.45) is 3.31. The second kappa shape index (κ2) is 4.72. The lowest BCUT2D eigenvalue weighted by molar-refractivity contribution is -0.155. The van der Waals surface area contributed by atoms with E-state index in [2.05, 4.69) is 23.8 Å². The molecule has 0 aromatic carbocycles. The van der Waals surface area contributed by atoms with Gasteiger partial charge in [0, 0.05) is 18.6 Å². The molecule has 0 aromatic heterocycles. The maximum absolute atomic E-state index is 11.5. The fourth-order valence-electron chi connectivity index (χ4n) is 2.80. The number of methoxy groups -OCH3 is 1. The smallest absolute Gasteiger partial charge is 0.323 e. The van der Waals surface area contributed by atoms with E-state index in [1.165, 1.54) is 20.0 Å². The maximum Gasteiger partial charge on any atom is 0.323 e. The zero-order valence-electron chi connectivity index (χ0n) is 10.5. The van der Waals surface area contributed by atoms with Crippen LogP contribution in [0.25, 0.3) is 0 Å². The Morgan fingerprint density at radius 1 is 1.31 bits per heavy atom. The van der Waals surface area contributed by atoms with Crippen molar-refractivity contribution in [2.75, 3.05) is 27.2 Å². The van der Waals surface area contributed by atoms with Crippen molar-refractivity contribution in [1.82, 2.24) is 9.80 Å². The molecular weight excluding hydrogens is 204 g/mol. The number of carbonyl (C=O) groups excluding carboxylic acids is 1. The molecule has 0 N–H and O–H groups in total. The van der Waals surface area contributed by atoms with Crippen molar-refractivity contribution < 1.29 is 9.53 Å². The lowest BCUT2D eigenvalue weighted by Gasteiger charge is -2.48. The number of nitrogens with zero attached hydrogens (tertiary/aromatic N) is 2. The fraction of sp³-hybridized carbons (Fsp3) is 0.917. The Balaban J connectivity index is 1.91. The van der Waals surface area contributed by atoms with E-state index in [-0.39, 0.29) is 12.0 Å². The van der Waals surface area contributed by atoms with Crippen LogP contribution in [0.5, 0.6) is 0 Å². The van der Waals surface area contributed by atoms with Crippen LogP contribution in [-0.2, 0) is 9.53 Å². The average Bonchev–Trinajstić information content (AvgIpc) is 2.21. The number of hydrogen-bond acceptors (Lipinski definition) is 4. The van der Waals surface area contributed by atoms with Crippen LogP contribution in [-0.4, -0.2) is 61.1 Å². The van der Waals surface area contributed by atoms with E-state index in [0.29, 0.717) is 12.1 Å². The molecule has 16 heavy (non-hydrogen) atoms. The van der Waals surface area contributed by atoms with Gasteiger partial charge >= 0.3 is 5.97 Å². The number of hydrogen-bond donors (Lipinski definition) is 0. The third-order valence-electron chi connectivity index (χ3n) is 4.18. The summed E-state index contributed by atoms with van der Waals surface area (Å²) in [5.74, 6) is -0.0576. The first-order valence-electron chi connectivity index (χ1n) is 6.17. The second-order valence-corrected chi connectivity index (χ2v) is 5.07. The number of likely N-dealkylation sites (tertiary alicyclic amines) is 2. The molecule has 3 atom stereocenters. The normalized spacial score (nSPS) is 36.8. The molecule has 92 valence electrons. The first-order valence-corrected chi connectivity index (χ1v) is 6.17. The summed E-state index contributed by atoms with van der Waals surface area (Å²) in [5.41, 5.74) is 0. The molecule has 4 nitrogen and oxygen atoms in total. The summed E-state index contributed by atoms with van der Waals surface area (Å²) in [5, 5.41) is 0. The molecule has 2 aliphatic heterocycles. The van der Waals surface area contributed by atoms with Crippen molar-refractivity contribution in [3.8, 4) is 0 Å². The van der Waals surface area contributed by atoms with Crippen molar-refractivity contribution in [3.05, 3.63) is 0 Å². The van der Waals surface area contributed by atoms with Crippen molar-refractivity contribution in [2.45, 2.75) is 44.3 Å². The third kappa shape index (κ3) is 2.09. The minimum Gasteiger partial charge on any atom is -0.468 e. The number of ether oxygens (including phenoxy) is 1. The lowest BCUT2D eigenvalue weighted by atomic mass is 9.91. The summed E-state index contributed by atoms with van der Waals surface area (Å²) in [6.45, 7) is 4.45. The Morgan fingerprint density at radius 2 is 2.06 bits per heavy atom. The van der Waals surface area contributed by atoms with Gasteiger partial charge in [0.15, 0.2) is 0 Å². The summed E-state index contributed by atoms with van der Waals surface area (Å²) in [6, 6.07) is 1.23. The van der Waals surface area contributed by atoms with Gasteiger partial charge in [-0.15, -0.1) is 0 Å². The monoisotopic (exact) mass is 226 g/mol. The van der Waals surface area contributed by atoms with Crippen molar-refractivity contribution in [3.63, 3.8) is 0 Å². The van der Waals surface area contributed by atoms with Crippen molar-refractivity contribution in [2.24, 2.45) is 0 Å². The number of carbonyl (C=O) groups is 1. The van der Waals surface area contributed by atoms with Gasteiger partial charge in [0.2, 0.25) is 0 Å². The van der Waals surface area contributed by atoms with Crippen LogP contribution in [0, 0.1) is 0 Å². The molecule has 2 fully saturated rings. The number of esters is 1. The summed E-state index contributed by atoms with van der Waals surface area (Å²) < 4.78 is 4.83. The van der Waals surface area contributed by atoms with Gasteiger partial charge in [0.25, 0.3) is 0 Å². The highest BCUT2D eigenvalue weighted by Crippen LogP contribution is 2.29. The van der Waals surface area contributed by atoms with Gasteiger partial charge in [-0.3, -0.25) is 9.69 Å². The van der Waals surface area contributed by atoms with Crippen molar-refractivity contribution in [1.29, 1.82) is 0 Å². The standard InChI is InChI=1S/C12H22N2O2/c1-9-8-10(4-6-13(9)2)14-7-5-11(14)12(15)16-3/h9-11H,4-8H2,1-3H3. The van der Waals surface area contributed by atoms with Gasteiger partial charge in [-0.1, -0.05) is 0 Å². The third-order valence-corrected chi connectivity index (χ3v) is 4.18. The van der Waals surface area contributed by atoms with E-state index in [1.807, 2.05) is 0 Å². The van der Waals surface area contributed by atoms with Gasteiger partial charge < -0.3 is 9.64 Å². The largest absolute Gasteiger partial charge is 0.468 e. The van der Waals surface area contributed by atoms with E-state index in [1.54, 1.807) is 0 Å². The highest BCUT2D eigenvalue weighted by Gasteiger charge is 2.41. The van der Waals surface area contributed by atoms with Crippen LogP contribution in [0.1, 0.15) is 26.2 Å². The molecule has 4 heteroatoms. The zero-order chi connectivity index (χ0) is 11.7. The van der Waals surface area contributed by atoms with Crippen LogP contribution in [0.15, 0.2) is 0 Å². The minimum absolute atomic E-state index is 0.0330. The molecular formula is C12H22N2O2. The molecule has 2 rings (SSSR count). The van der Waals surface area contributed by atoms with Gasteiger partial charge in [0.1, 0.15) is 6.04 Å². The van der Waals surface area contributed by atoms with Crippen molar-refractivity contribution >= 4 is 5.97 Å². The molecule has 0 amide bonds. The van der Waals surface area contributed by atoms with Crippen LogP contribution in [0.4, 0.5) is 0 Å². The molecule has 0 saturated carbocycles. The highest BCUT2D eigenvalue weighted by molar-refractivity contribution is 5.76. The number of rotatable bonds is 2. The average molecular weight is 226 g/mol. The fourth-order valence-corrected chi connectivity index (χ4v) is 2.80. The molecule has 2 heterocycles. The SMILES string of the molecule is COC(=O)C1CCN1C1CCN(C)C(C)C1. The summed E-state index contributed by atoms with van der Waals surface area (Å²) in [4.78, 5) is 16.2. The lowest BCUT2D eigenvalue weighted by Crippen LogP contribution is -2.60. The molecule has 0 spiro atoms. The van der Waals surface area contributed by atoms with Crippen LogP contribution < -0.4 is 0 Å². The molecule has 2 aliphatic rings. The van der Waals surface area contributed by atoms with Gasteiger partial charge in [-0.05, 0) is 39.8 Å². The maximum atomic E-state index is 11.5. The van der Waals surface area contributed by atoms with E-state index >= 15 is 0 Å². The highest BCUT2D eigenvalue weighted by atomic mass is 16.5. The quantitative estimate of drug-likeness (QED) is 0.649. The first-order chi connectivity index (χ1) is 7.63. The van der Waals surface area contributed by atoms with E-state index < -0.39 is 0 Å². The van der Waals surface area contributed by atoms with Gasteiger partial charge in [-0.25, -0.2) is 0 Å².